The number of hydrogen-bond acceptors (Lipinski definition) is 5. The largest absolute Gasteiger partial charge is 0.334 e. The Morgan fingerprint density at radius 2 is 2.05 bits per heavy atom. The summed E-state index contributed by atoms with van der Waals surface area (Å²) in [6.07, 6.45) is 0.927. The van der Waals surface area contributed by atoms with Gasteiger partial charge < -0.3 is 4.52 Å². The Labute approximate surface area is 112 Å². The van der Waals surface area contributed by atoms with Crippen molar-refractivity contribution in [3.8, 4) is 17.5 Å². The van der Waals surface area contributed by atoms with E-state index in [0.29, 0.717) is 23.1 Å². The Balaban J connectivity index is 2.42. The summed E-state index contributed by atoms with van der Waals surface area (Å²) >= 11 is 0. The van der Waals surface area contributed by atoms with Crippen LogP contribution in [0.25, 0.3) is 11.5 Å². The summed E-state index contributed by atoms with van der Waals surface area (Å²) in [6.45, 7) is 8.06. The van der Waals surface area contributed by atoms with Gasteiger partial charge in [0.15, 0.2) is 5.82 Å². The Bertz CT molecular complexity index is 637. The lowest BCUT2D eigenvalue weighted by Crippen LogP contribution is -2.17. The molecule has 0 aliphatic carbocycles. The molecular formula is C14H16N4O. The van der Waals surface area contributed by atoms with Gasteiger partial charge in [0, 0.05) is 5.41 Å². The van der Waals surface area contributed by atoms with Gasteiger partial charge >= 0.3 is 0 Å². The average molecular weight is 256 g/mol. The highest BCUT2D eigenvalue weighted by Gasteiger charge is 2.25. The van der Waals surface area contributed by atoms with Gasteiger partial charge in [-0.3, -0.25) is 0 Å². The first-order valence-electron chi connectivity index (χ1n) is 6.20. The molecule has 0 aromatic carbocycles. The number of nitriles is 1. The lowest BCUT2D eigenvalue weighted by atomic mass is 9.89. The molecule has 0 unspecified atom stereocenters. The van der Waals surface area contributed by atoms with Crippen LogP contribution in [0.1, 0.15) is 44.4 Å². The van der Waals surface area contributed by atoms with Gasteiger partial charge in [-0.25, -0.2) is 4.98 Å². The van der Waals surface area contributed by atoms with Crippen molar-refractivity contribution in [3.05, 3.63) is 29.3 Å². The summed E-state index contributed by atoms with van der Waals surface area (Å²) in [5, 5.41) is 12.8. The van der Waals surface area contributed by atoms with E-state index in [9.17, 15) is 0 Å². The molecule has 98 valence electrons. The topological polar surface area (TPSA) is 75.6 Å². The van der Waals surface area contributed by atoms with Gasteiger partial charge in [0.1, 0.15) is 11.8 Å². The zero-order valence-electron chi connectivity index (χ0n) is 11.6. The van der Waals surface area contributed by atoms with E-state index in [1.54, 1.807) is 12.1 Å². The van der Waals surface area contributed by atoms with E-state index >= 15 is 0 Å². The highest BCUT2D eigenvalue weighted by atomic mass is 16.5. The Hall–Kier alpha value is -2.22. The molecule has 2 aromatic rings. The Morgan fingerprint density at radius 1 is 1.32 bits per heavy atom. The van der Waals surface area contributed by atoms with Crippen molar-refractivity contribution in [1.82, 2.24) is 15.1 Å². The predicted molar refractivity (Wildman–Crippen MR) is 70.3 cm³/mol. The van der Waals surface area contributed by atoms with Crippen LogP contribution < -0.4 is 0 Å². The summed E-state index contributed by atoms with van der Waals surface area (Å²) < 4.78 is 5.31. The molecule has 2 aromatic heterocycles. The SMILES string of the molecule is CCC(C)(C)c1noc(-c2ccc(C#N)nc2C)n1. The minimum absolute atomic E-state index is 0.115. The van der Waals surface area contributed by atoms with E-state index in [4.69, 9.17) is 9.78 Å². The van der Waals surface area contributed by atoms with E-state index in [1.807, 2.05) is 13.0 Å². The van der Waals surface area contributed by atoms with Crippen molar-refractivity contribution in [2.75, 3.05) is 0 Å². The van der Waals surface area contributed by atoms with Gasteiger partial charge in [-0.05, 0) is 25.5 Å². The zero-order chi connectivity index (χ0) is 14.0. The molecule has 5 heteroatoms. The van der Waals surface area contributed by atoms with Crippen molar-refractivity contribution in [2.24, 2.45) is 0 Å². The molecule has 0 radical (unpaired) electrons. The third-order valence-corrected chi connectivity index (χ3v) is 3.35. The highest BCUT2D eigenvalue weighted by Crippen LogP contribution is 2.27. The molecule has 0 saturated carbocycles. The van der Waals surface area contributed by atoms with Crippen LogP contribution in [0.15, 0.2) is 16.7 Å². The summed E-state index contributed by atoms with van der Waals surface area (Å²) in [5.41, 5.74) is 1.75. The van der Waals surface area contributed by atoms with Gasteiger partial charge in [0.2, 0.25) is 0 Å². The summed E-state index contributed by atoms with van der Waals surface area (Å²) in [6, 6.07) is 5.45. The quantitative estimate of drug-likeness (QED) is 0.843. The number of nitrogens with zero attached hydrogens (tertiary/aromatic N) is 4. The first kappa shape index (κ1) is 13.2. The number of aryl methyl sites for hydroxylation is 1. The molecule has 2 rings (SSSR count). The van der Waals surface area contributed by atoms with Crippen molar-refractivity contribution >= 4 is 0 Å². The molecule has 0 amide bonds. The summed E-state index contributed by atoms with van der Waals surface area (Å²) in [7, 11) is 0. The minimum atomic E-state index is -0.115. The molecule has 0 bridgehead atoms. The number of hydrogen-bond donors (Lipinski definition) is 0. The van der Waals surface area contributed by atoms with Gasteiger partial charge in [-0.1, -0.05) is 25.9 Å². The third-order valence-electron chi connectivity index (χ3n) is 3.35. The molecule has 0 atom stereocenters. The maximum absolute atomic E-state index is 8.80. The van der Waals surface area contributed by atoms with Crippen LogP contribution in [0, 0.1) is 18.3 Å². The zero-order valence-corrected chi connectivity index (χ0v) is 11.6. The minimum Gasteiger partial charge on any atom is -0.334 e. The maximum Gasteiger partial charge on any atom is 0.259 e. The fraction of sp³-hybridized carbons (Fsp3) is 0.429. The van der Waals surface area contributed by atoms with Crippen LogP contribution in [-0.2, 0) is 5.41 Å². The van der Waals surface area contributed by atoms with Gasteiger partial charge in [-0.2, -0.15) is 10.2 Å². The molecular weight excluding hydrogens is 240 g/mol. The smallest absolute Gasteiger partial charge is 0.259 e. The van der Waals surface area contributed by atoms with E-state index in [1.165, 1.54) is 0 Å². The summed E-state index contributed by atoms with van der Waals surface area (Å²) in [4.78, 5) is 8.61. The second-order valence-corrected chi connectivity index (χ2v) is 5.10. The van der Waals surface area contributed by atoms with Crippen LogP contribution in [0.5, 0.6) is 0 Å². The first-order chi connectivity index (χ1) is 8.97. The van der Waals surface area contributed by atoms with Crippen LogP contribution >= 0.6 is 0 Å². The van der Waals surface area contributed by atoms with E-state index in [2.05, 4.69) is 35.9 Å². The average Bonchev–Trinajstić information content (AvgIpc) is 2.88. The van der Waals surface area contributed by atoms with E-state index in [0.717, 1.165) is 12.0 Å². The molecule has 5 nitrogen and oxygen atoms in total. The molecule has 0 saturated heterocycles. The number of rotatable bonds is 3. The molecule has 0 spiro atoms. The lowest BCUT2D eigenvalue weighted by Gasteiger charge is -2.16. The Morgan fingerprint density at radius 3 is 2.63 bits per heavy atom. The third kappa shape index (κ3) is 2.48. The maximum atomic E-state index is 8.80. The van der Waals surface area contributed by atoms with Crippen molar-refractivity contribution in [2.45, 2.75) is 39.5 Å². The normalized spacial score (nSPS) is 11.3. The van der Waals surface area contributed by atoms with E-state index in [-0.39, 0.29) is 5.41 Å². The van der Waals surface area contributed by atoms with Crippen molar-refractivity contribution in [3.63, 3.8) is 0 Å². The fourth-order valence-electron chi connectivity index (χ4n) is 1.62. The van der Waals surface area contributed by atoms with Crippen LogP contribution in [-0.4, -0.2) is 15.1 Å². The summed E-state index contributed by atoms with van der Waals surface area (Å²) in [5.74, 6) is 1.14. The monoisotopic (exact) mass is 256 g/mol. The van der Waals surface area contributed by atoms with Gasteiger partial charge in [0.25, 0.3) is 5.89 Å². The second-order valence-electron chi connectivity index (χ2n) is 5.10. The number of aromatic nitrogens is 3. The molecule has 0 N–H and O–H groups in total. The van der Waals surface area contributed by atoms with Crippen LogP contribution in [0.4, 0.5) is 0 Å². The standard InChI is InChI=1S/C14H16N4O/c1-5-14(3,4)13-17-12(19-18-13)11-7-6-10(8-15)16-9(11)2/h6-7H,5H2,1-4H3. The van der Waals surface area contributed by atoms with Crippen molar-refractivity contribution < 1.29 is 4.52 Å². The lowest BCUT2D eigenvalue weighted by molar-refractivity contribution is 0.388. The first-order valence-corrected chi connectivity index (χ1v) is 6.20. The molecule has 0 fully saturated rings. The molecule has 0 aliphatic heterocycles. The second kappa shape index (κ2) is 4.81. The predicted octanol–water partition coefficient (Wildman–Crippen LogP) is 3.00. The highest BCUT2D eigenvalue weighted by molar-refractivity contribution is 5.56. The molecule has 0 aliphatic rings. The van der Waals surface area contributed by atoms with Crippen LogP contribution in [0.2, 0.25) is 0 Å². The molecule has 2 heterocycles. The van der Waals surface area contributed by atoms with Crippen LogP contribution in [0.3, 0.4) is 0 Å². The molecule has 19 heavy (non-hydrogen) atoms. The van der Waals surface area contributed by atoms with Gasteiger partial charge in [-0.15, -0.1) is 0 Å². The number of pyridine rings is 1. The van der Waals surface area contributed by atoms with E-state index < -0.39 is 0 Å². The van der Waals surface area contributed by atoms with Crippen molar-refractivity contribution in [1.29, 1.82) is 5.26 Å². The van der Waals surface area contributed by atoms with Gasteiger partial charge in [0.05, 0.1) is 11.3 Å². The fourth-order valence-corrected chi connectivity index (χ4v) is 1.62. The Kier molecular flexibility index (Phi) is 3.34.